The normalized spacial score (nSPS) is 11.7. The van der Waals surface area contributed by atoms with Crippen LogP contribution in [0, 0.1) is 5.41 Å². The molecule has 17 heavy (non-hydrogen) atoms. The maximum Gasteiger partial charge on any atom is 0.00991 e. The minimum Gasteiger partial charge on any atom is -0.0922 e. The maximum absolute atomic E-state index is 3.71. The molecule has 0 amide bonds. The highest BCUT2D eigenvalue weighted by molar-refractivity contribution is 9.09. The molecule has 0 radical (unpaired) electrons. The lowest BCUT2D eigenvalue weighted by Crippen LogP contribution is -2.27. The number of hydrogen-bond donors (Lipinski definition) is 0. The third kappa shape index (κ3) is 5.13. The summed E-state index contributed by atoms with van der Waals surface area (Å²) >= 11 is 7.43. The van der Waals surface area contributed by atoms with Gasteiger partial charge in [-0.1, -0.05) is 88.4 Å². The third-order valence-corrected chi connectivity index (χ3v) is 5.68. The Balaban J connectivity index is 2.63. The summed E-state index contributed by atoms with van der Waals surface area (Å²) in [5.41, 5.74) is 1.82. The van der Waals surface area contributed by atoms with Crippen molar-refractivity contribution in [2.75, 3.05) is 10.7 Å². The maximum atomic E-state index is 3.71. The standard InChI is InChI=1S/C15H22Br2/c1-2-3-7-10-15(12-16,13-17)11-14-8-5-4-6-9-14/h4-6,8-9H,2-3,7,10-13H2,1H3. The molecule has 0 unspecified atom stereocenters. The van der Waals surface area contributed by atoms with Gasteiger partial charge in [0.2, 0.25) is 0 Å². The van der Waals surface area contributed by atoms with Gasteiger partial charge in [0.15, 0.2) is 0 Å². The smallest absolute Gasteiger partial charge is 0.00991 e. The fourth-order valence-corrected chi connectivity index (χ4v) is 4.02. The molecule has 0 fully saturated rings. The molecule has 0 saturated carbocycles. The zero-order valence-corrected chi connectivity index (χ0v) is 13.8. The van der Waals surface area contributed by atoms with E-state index in [-0.39, 0.29) is 0 Å². The number of unbranched alkanes of at least 4 members (excludes halogenated alkanes) is 2. The van der Waals surface area contributed by atoms with E-state index < -0.39 is 0 Å². The molecule has 0 aliphatic carbocycles. The van der Waals surface area contributed by atoms with Crippen molar-refractivity contribution in [3.8, 4) is 0 Å². The van der Waals surface area contributed by atoms with Crippen molar-refractivity contribution >= 4 is 31.9 Å². The van der Waals surface area contributed by atoms with E-state index in [0.29, 0.717) is 5.41 Å². The number of benzene rings is 1. The zero-order valence-electron chi connectivity index (χ0n) is 10.6. The largest absolute Gasteiger partial charge is 0.0922 e. The van der Waals surface area contributed by atoms with Crippen LogP contribution in [-0.4, -0.2) is 10.7 Å². The molecule has 0 aromatic heterocycles. The Bertz CT molecular complexity index is 291. The lowest BCUT2D eigenvalue weighted by Gasteiger charge is -2.30. The van der Waals surface area contributed by atoms with Crippen LogP contribution in [0.1, 0.15) is 38.2 Å². The molecule has 0 spiro atoms. The lowest BCUT2D eigenvalue weighted by molar-refractivity contribution is 0.340. The van der Waals surface area contributed by atoms with E-state index in [1.807, 2.05) is 0 Å². The fraction of sp³-hybridized carbons (Fsp3) is 0.600. The predicted octanol–water partition coefficient (Wildman–Crippen LogP) is 5.59. The first-order chi connectivity index (χ1) is 8.26. The Hall–Kier alpha value is 0.180. The van der Waals surface area contributed by atoms with Crippen molar-refractivity contribution in [3.05, 3.63) is 35.9 Å². The van der Waals surface area contributed by atoms with Crippen LogP contribution >= 0.6 is 31.9 Å². The van der Waals surface area contributed by atoms with Gasteiger partial charge >= 0.3 is 0 Å². The predicted molar refractivity (Wildman–Crippen MR) is 84.3 cm³/mol. The van der Waals surface area contributed by atoms with Gasteiger partial charge in [-0.25, -0.2) is 0 Å². The molecule has 0 bridgehead atoms. The molecule has 0 aliphatic rings. The first-order valence-electron chi connectivity index (χ1n) is 6.42. The molecule has 0 aliphatic heterocycles. The van der Waals surface area contributed by atoms with E-state index in [2.05, 4.69) is 69.1 Å². The summed E-state index contributed by atoms with van der Waals surface area (Å²) < 4.78 is 0. The minimum atomic E-state index is 0.372. The van der Waals surface area contributed by atoms with Crippen molar-refractivity contribution in [2.24, 2.45) is 5.41 Å². The van der Waals surface area contributed by atoms with Crippen LogP contribution < -0.4 is 0 Å². The highest BCUT2D eigenvalue weighted by Gasteiger charge is 2.27. The SMILES string of the molecule is CCCCCC(CBr)(CBr)Cc1ccccc1. The fourth-order valence-electron chi connectivity index (χ4n) is 2.13. The summed E-state index contributed by atoms with van der Waals surface area (Å²) in [5, 5.41) is 2.15. The molecular formula is C15H22Br2. The van der Waals surface area contributed by atoms with E-state index in [4.69, 9.17) is 0 Å². The van der Waals surface area contributed by atoms with Crippen molar-refractivity contribution in [1.82, 2.24) is 0 Å². The highest BCUT2D eigenvalue weighted by atomic mass is 79.9. The Morgan fingerprint density at radius 2 is 1.65 bits per heavy atom. The molecule has 1 aromatic carbocycles. The molecule has 0 atom stereocenters. The minimum absolute atomic E-state index is 0.372. The summed E-state index contributed by atoms with van der Waals surface area (Å²) in [4.78, 5) is 0. The number of halogens is 2. The van der Waals surface area contributed by atoms with E-state index in [0.717, 1.165) is 17.1 Å². The summed E-state index contributed by atoms with van der Waals surface area (Å²) in [7, 11) is 0. The zero-order chi connectivity index (χ0) is 12.6. The molecule has 1 aromatic rings. The third-order valence-electron chi connectivity index (χ3n) is 3.30. The lowest BCUT2D eigenvalue weighted by atomic mass is 9.81. The van der Waals surface area contributed by atoms with Gasteiger partial charge in [0.25, 0.3) is 0 Å². The second-order valence-electron chi connectivity index (χ2n) is 4.89. The first kappa shape index (κ1) is 15.2. The van der Waals surface area contributed by atoms with Crippen LogP contribution in [0.5, 0.6) is 0 Å². The molecule has 0 N–H and O–H groups in total. The van der Waals surface area contributed by atoms with E-state index in [1.54, 1.807) is 0 Å². The Labute approximate surface area is 122 Å². The summed E-state index contributed by atoms with van der Waals surface area (Å²) in [6.45, 7) is 2.27. The Morgan fingerprint density at radius 3 is 2.18 bits per heavy atom. The summed E-state index contributed by atoms with van der Waals surface area (Å²) in [5.74, 6) is 0. The second-order valence-corrected chi connectivity index (χ2v) is 6.01. The van der Waals surface area contributed by atoms with Gasteiger partial charge in [-0.05, 0) is 23.8 Å². The van der Waals surface area contributed by atoms with Gasteiger partial charge in [-0.3, -0.25) is 0 Å². The number of rotatable bonds is 8. The van der Waals surface area contributed by atoms with Gasteiger partial charge < -0.3 is 0 Å². The van der Waals surface area contributed by atoms with Gasteiger partial charge in [-0.2, -0.15) is 0 Å². The summed E-state index contributed by atoms with van der Waals surface area (Å²) in [6.07, 6.45) is 6.43. The second kappa shape index (κ2) is 8.31. The molecule has 2 heteroatoms. The molecule has 96 valence electrons. The van der Waals surface area contributed by atoms with Crippen molar-refractivity contribution in [2.45, 2.75) is 39.0 Å². The van der Waals surface area contributed by atoms with E-state index in [9.17, 15) is 0 Å². The average Bonchev–Trinajstić information content (AvgIpc) is 2.39. The Morgan fingerprint density at radius 1 is 1.00 bits per heavy atom. The summed E-state index contributed by atoms with van der Waals surface area (Å²) in [6, 6.07) is 10.8. The van der Waals surface area contributed by atoms with Gasteiger partial charge in [-0.15, -0.1) is 0 Å². The molecule has 0 nitrogen and oxygen atoms in total. The van der Waals surface area contributed by atoms with Gasteiger partial charge in [0.1, 0.15) is 0 Å². The molecule has 1 rings (SSSR count). The van der Waals surface area contributed by atoms with Crippen LogP contribution in [0.2, 0.25) is 0 Å². The molecular weight excluding hydrogens is 340 g/mol. The molecule has 0 saturated heterocycles. The van der Waals surface area contributed by atoms with Crippen LogP contribution in [0.25, 0.3) is 0 Å². The topological polar surface area (TPSA) is 0 Å². The average molecular weight is 362 g/mol. The highest BCUT2D eigenvalue weighted by Crippen LogP contribution is 2.33. The van der Waals surface area contributed by atoms with E-state index in [1.165, 1.54) is 31.2 Å². The first-order valence-corrected chi connectivity index (χ1v) is 8.66. The number of alkyl halides is 2. The van der Waals surface area contributed by atoms with Crippen molar-refractivity contribution < 1.29 is 0 Å². The van der Waals surface area contributed by atoms with Crippen LogP contribution in [0.3, 0.4) is 0 Å². The van der Waals surface area contributed by atoms with E-state index >= 15 is 0 Å². The Kier molecular flexibility index (Phi) is 7.45. The van der Waals surface area contributed by atoms with Crippen molar-refractivity contribution in [3.63, 3.8) is 0 Å². The molecule has 0 heterocycles. The van der Waals surface area contributed by atoms with Gasteiger partial charge in [0.05, 0.1) is 0 Å². The van der Waals surface area contributed by atoms with Crippen LogP contribution in [-0.2, 0) is 6.42 Å². The number of hydrogen-bond acceptors (Lipinski definition) is 0. The van der Waals surface area contributed by atoms with Crippen molar-refractivity contribution in [1.29, 1.82) is 0 Å². The quantitative estimate of drug-likeness (QED) is 0.418. The van der Waals surface area contributed by atoms with Crippen LogP contribution in [0.15, 0.2) is 30.3 Å². The van der Waals surface area contributed by atoms with Crippen LogP contribution in [0.4, 0.5) is 0 Å². The van der Waals surface area contributed by atoms with Gasteiger partial charge in [0, 0.05) is 10.7 Å². The monoisotopic (exact) mass is 360 g/mol.